The number of fused-ring (bicyclic) bond motifs is 1. The van der Waals surface area contributed by atoms with Crippen molar-refractivity contribution in [1.82, 2.24) is 0 Å². The fraction of sp³-hybridized carbons (Fsp3) is 0.256. The molecule has 1 aliphatic heterocycles. The Bertz CT molecular complexity index is 1670. The largest absolute Gasteiger partial charge is 0.463 e. The van der Waals surface area contributed by atoms with Crippen LogP contribution < -0.4 is 0 Å². The summed E-state index contributed by atoms with van der Waals surface area (Å²) in [7, 11) is 0. The molecule has 0 amide bonds. The number of thioether (sulfide) groups is 1. The van der Waals surface area contributed by atoms with E-state index >= 15 is 0 Å². The van der Waals surface area contributed by atoms with Crippen molar-refractivity contribution in [2.24, 2.45) is 0 Å². The van der Waals surface area contributed by atoms with E-state index in [9.17, 15) is 4.79 Å². The molecule has 0 unspecified atom stereocenters. The zero-order chi connectivity index (χ0) is 31.6. The minimum atomic E-state index is -0.595. The predicted octanol–water partition coefficient (Wildman–Crippen LogP) is 7.98. The van der Waals surface area contributed by atoms with Gasteiger partial charge in [-0.2, -0.15) is 0 Å². The van der Waals surface area contributed by atoms with Crippen molar-refractivity contribution in [2.45, 2.75) is 61.5 Å². The summed E-state index contributed by atoms with van der Waals surface area (Å²) in [5, 5.41) is 2.31. The number of carbonyl (C=O) groups excluding carboxylic acids is 1. The molecule has 0 aromatic heterocycles. The van der Waals surface area contributed by atoms with Gasteiger partial charge in [0.2, 0.25) is 0 Å². The highest BCUT2D eigenvalue weighted by Gasteiger charge is 2.49. The van der Waals surface area contributed by atoms with Crippen LogP contribution in [0.2, 0.25) is 0 Å². The quantitative estimate of drug-likeness (QED) is 0.122. The highest BCUT2D eigenvalue weighted by molar-refractivity contribution is 7.99. The molecule has 5 aromatic rings. The third-order valence-corrected chi connectivity index (χ3v) is 9.02. The van der Waals surface area contributed by atoms with E-state index < -0.39 is 29.9 Å². The van der Waals surface area contributed by atoms with E-state index in [1.54, 1.807) is 11.8 Å². The van der Waals surface area contributed by atoms with Crippen molar-refractivity contribution in [3.05, 3.63) is 150 Å². The van der Waals surface area contributed by atoms with Crippen LogP contribution in [-0.4, -0.2) is 42.4 Å². The number of hydrogen-bond acceptors (Lipinski definition) is 7. The zero-order valence-electron chi connectivity index (χ0n) is 25.8. The highest BCUT2D eigenvalue weighted by atomic mass is 32.2. The first-order valence-electron chi connectivity index (χ1n) is 15.5. The van der Waals surface area contributed by atoms with Gasteiger partial charge in [0.05, 0.1) is 19.8 Å². The Morgan fingerprint density at radius 2 is 1.15 bits per heavy atom. The lowest BCUT2D eigenvalue weighted by molar-refractivity contribution is -0.253. The summed E-state index contributed by atoms with van der Waals surface area (Å²) in [6.07, 6.45) is -2.24. The average molecular weight is 635 g/mol. The first kappa shape index (κ1) is 32.0. The molecule has 1 saturated heterocycles. The number of rotatable bonds is 13. The van der Waals surface area contributed by atoms with Crippen LogP contribution >= 0.6 is 11.8 Å². The summed E-state index contributed by atoms with van der Waals surface area (Å²) in [4.78, 5) is 13.0. The summed E-state index contributed by atoms with van der Waals surface area (Å²) >= 11 is 1.57. The van der Waals surface area contributed by atoms with Gasteiger partial charge in [-0.15, -0.1) is 0 Å². The van der Waals surface area contributed by atoms with Gasteiger partial charge in [0, 0.05) is 11.8 Å². The second-order valence-electron chi connectivity index (χ2n) is 11.3. The van der Waals surface area contributed by atoms with Gasteiger partial charge in [-0.1, -0.05) is 127 Å². The van der Waals surface area contributed by atoms with Gasteiger partial charge in [0.1, 0.15) is 36.5 Å². The second kappa shape index (κ2) is 16.0. The zero-order valence-corrected chi connectivity index (χ0v) is 26.6. The van der Waals surface area contributed by atoms with Crippen LogP contribution in [0, 0.1) is 0 Å². The average Bonchev–Trinajstić information content (AvgIpc) is 3.10. The van der Waals surface area contributed by atoms with Crippen LogP contribution in [0.3, 0.4) is 0 Å². The maximum atomic E-state index is 12.0. The topological polar surface area (TPSA) is 63.2 Å². The van der Waals surface area contributed by atoms with Crippen molar-refractivity contribution >= 4 is 28.5 Å². The third kappa shape index (κ3) is 8.63. The van der Waals surface area contributed by atoms with Crippen LogP contribution in [0.4, 0.5) is 0 Å². The Morgan fingerprint density at radius 3 is 1.80 bits per heavy atom. The fourth-order valence-corrected chi connectivity index (χ4v) is 6.71. The first-order valence-corrected chi connectivity index (χ1v) is 16.4. The molecule has 0 aliphatic carbocycles. The minimum Gasteiger partial charge on any atom is -0.463 e. The van der Waals surface area contributed by atoms with Crippen LogP contribution in [-0.2, 0) is 48.3 Å². The van der Waals surface area contributed by atoms with Gasteiger partial charge < -0.3 is 23.7 Å². The maximum absolute atomic E-state index is 12.0. The predicted molar refractivity (Wildman–Crippen MR) is 180 cm³/mol. The van der Waals surface area contributed by atoms with Crippen molar-refractivity contribution in [2.75, 3.05) is 6.61 Å². The van der Waals surface area contributed by atoms with E-state index in [0.717, 1.165) is 27.0 Å². The Kier molecular flexibility index (Phi) is 11.1. The molecule has 1 fully saturated rings. The summed E-state index contributed by atoms with van der Waals surface area (Å²) in [5.41, 5.74) is 2.64. The second-order valence-corrected chi connectivity index (χ2v) is 12.4. The molecule has 0 bridgehead atoms. The van der Waals surface area contributed by atoms with Gasteiger partial charge in [0.15, 0.2) is 0 Å². The van der Waals surface area contributed by atoms with Gasteiger partial charge in [0.25, 0.3) is 0 Å². The summed E-state index contributed by atoms with van der Waals surface area (Å²) in [6.45, 7) is 2.48. The van der Waals surface area contributed by atoms with Gasteiger partial charge in [-0.05, 0) is 45.7 Å². The molecule has 0 radical (unpaired) electrons. The third-order valence-electron chi connectivity index (χ3n) is 7.86. The number of benzene rings is 5. The Labute approximate surface area is 274 Å². The summed E-state index contributed by atoms with van der Waals surface area (Å²) in [6, 6.07) is 44.8. The van der Waals surface area contributed by atoms with Crippen LogP contribution in [0.25, 0.3) is 10.8 Å². The molecule has 46 heavy (non-hydrogen) atoms. The molecule has 0 spiro atoms. The standard InChI is InChI=1S/C39H38O6S/c1-28(40)41-27-35-36(42-26-31-21-22-32-17-11-12-18-33(32)23-31)37(43-24-29-13-5-2-6-14-29)38(44-25-30-15-7-3-8-16-30)39(45-35)46-34-19-9-4-10-20-34/h2-23,35-39H,24-27H2,1H3/t35-,36-,37+,38+,39+/m0/s1. The van der Waals surface area contributed by atoms with Crippen molar-refractivity contribution in [1.29, 1.82) is 0 Å². The van der Waals surface area contributed by atoms with Crippen LogP contribution in [0.1, 0.15) is 23.6 Å². The van der Waals surface area contributed by atoms with Crippen LogP contribution in [0.5, 0.6) is 0 Å². The molecule has 1 heterocycles. The molecule has 236 valence electrons. The fourth-order valence-electron chi connectivity index (χ4n) is 5.56. The first-order chi connectivity index (χ1) is 22.6. The van der Waals surface area contributed by atoms with Crippen molar-refractivity contribution < 1.29 is 28.5 Å². The van der Waals surface area contributed by atoms with E-state index in [0.29, 0.717) is 19.8 Å². The number of hydrogen-bond donors (Lipinski definition) is 0. The van der Waals surface area contributed by atoms with Crippen LogP contribution in [0.15, 0.2) is 138 Å². The number of carbonyl (C=O) groups is 1. The van der Waals surface area contributed by atoms with Gasteiger partial charge in [-0.25, -0.2) is 0 Å². The normalized spacial score (nSPS) is 21.2. The van der Waals surface area contributed by atoms with Gasteiger partial charge in [-0.3, -0.25) is 4.79 Å². The lowest BCUT2D eigenvalue weighted by atomic mass is 9.98. The Hall–Kier alpha value is -3.98. The van der Waals surface area contributed by atoms with Gasteiger partial charge >= 0.3 is 5.97 Å². The lowest BCUT2D eigenvalue weighted by Crippen LogP contribution is -2.60. The van der Waals surface area contributed by atoms with E-state index in [1.165, 1.54) is 12.3 Å². The van der Waals surface area contributed by atoms with Crippen molar-refractivity contribution in [3.63, 3.8) is 0 Å². The molecular weight excluding hydrogens is 596 g/mol. The van der Waals surface area contributed by atoms with E-state index in [2.05, 4.69) is 30.3 Å². The molecular formula is C39H38O6S. The van der Waals surface area contributed by atoms with Crippen molar-refractivity contribution in [3.8, 4) is 0 Å². The lowest BCUT2D eigenvalue weighted by Gasteiger charge is -2.45. The molecule has 1 aliphatic rings. The number of ether oxygens (including phenoxy) is 5. The molecule has 5 atom stereocenters. The molecule has 5 aromatic carbocycles. The molecule has 0 saturated carbocycles. The maximum Gasteiger partial charge on any atom is 0.302 e. The monoisotopic (exact) mass is 634 g/mol. The smallest absolute Gasteiger partial charge is 0.302 e. The molecule has 7 heteroatoms. The molecule has 0 N–H and O–H groups in total. The molecule has 6 nitrogen and oxygen atoms in total. The highest BCUT2D eigenvalue weighted by Crippen LogP contribution is 2.38. The van der Waals surface area contributed by atoms with E-state index in [1.807, 2.05) is 103 Å². The SMILES string of the molecule is CC(=O)OC[C@@H]1O[C@H](Sc2ccccc2)[C@H](OCc2ccccc2)[C@H](OCc2ccccc2)[C@H]1OCc1ccc2ccccc2c1. The Balaban J connectivity index is 1.33. The molecule has 6 rings (SSSR count). The minimum absolute atomic E-state index is 0.0279. The van der Waals surface area contributed by atoms with E-state index in [4.69, 9.17) is 23.7 Å². The number of esters is 1. The Morgan fingerprint density at radius 1 is 0.609 bits per heavy atom. The summed E-state index contributed by atoms with van der Waals surface area (Å²) in [5.74, 6) is -0.381. The van der Waals surface area contributed by atoms with E-state index in [-0.39, 0.29) is 12.6 Å². The summed E-state index contributed by atoms with van der Waals surface area (Å²) < 4.78 is 32.5.